The van der Waals surface area contributed by atoms with Crippen molar-refractivity contribution in [2.24, 2.45) is 7.05 Å². The van der Waals surface area contributed by atoms with E-state index < -0.39 is 11.8 Å². The van der Waals surface area contributed by atoms with Crippen LogP contribution in [0.5, 0.6) is 5.75 Å². The van der Waals surface area contributed by atoms with Gasteiger partial charge < -0.3 is 15.4 Å². The zero-order chi connectivity index (χ0) is 18.7. The zero-order valence-electron chi connectivity index (χ0n) is 14.1. The Bertz CT molecular complexity index is 921. The van der Waals surface area contributed by atoms with Gasteiger partial charge in [-0.2, -0.15) is 5.10 Å². The minimum Gasteiger partial charge on any atom is -0.497 e. The van der Waals surface area contributed by atoms with E-state index in [1.807, 2.05) is 0 Å². The first-order chi connectivity index (χ1) is 12.5. The Balaban J connectivity index is 1.78. The standard InChI is InChI=1S/C18H16BrFN4O2/c1-24-17(16(19)10-21-24)11-7-12(20)9-14(8-11)23-18(25)22-13-3-5-15(26-2)6-4-13/h3-10H,1-2H3,(H2,22,23,25). The lowest BCUT2D eigenvalue weighted by molar-refractivity contribution is 0.262. The number of benzene rings is 2. The lowest BCUT2D eigenvalue weighted by Crippen LogP contribution is -2.19. The second-order valence-electron chi connectivity index (χ2n) is 5.50. The van der Waals surface area contributed by atoms with Crippen LogP contribution < -0.4 is 15.4 Å². The summed E-state index contributed by atoms with van der Waals surface area (Å²) >= 11 is 3.39. The number of amides is 2. The van der Waals surface area contributed by atoms with Crippen LogP contribution in [0.3, 0.4) is 0 Å². The van der Waals surface area contributed by atoms with Crippen LogP contribution in [0.25, 0.3) is 11.3 Å². The molecule has 0 aliphatic heterocycles. The number of ether oxygens (including phenoxy) is 1. The van der Waals surface area contributed by atoms with Gasteiger partial charge in [0.2, 0.25) is 0 Å². The van der Waals surface area contributed by atoms with Gasteiger partial charge in [0, 0.05) is 24.0 Å². The highest BCUT2D eigenvalue weighted by atomic mass is 79.9. The summed E-state index contributed by atoms with van der Waals surface area (Å²) in [6, 6.07) is 10.7. The number of halogens is 2. The Hall–Kier alpha value is -2.87. The number of aromatic nitrogens is 2. The molecule has 3 aromatic rings. The molecule has 1 heterocycles. The topological polar surface area (TPSA) is 68.2 Å². The highest BCUT2D eigenvalue weighted by Gasteiger charge is 2.12. The number of aryl methyl sites for hydroxylation is 1. The molecule has 0 saturated carbocycles. The third-order valence-corrected chi connectivity index (χ3v) is 4.25. The summed E-state index contributed by atoms with van der Waals surface area (Å²) in [5.74, 6) is 0.225. The van der Waals surface area contributed by atoms with Gasteiger partial charge >= 0.3 is 6.03 Å². The van der Waals surface area contributed by atoms with Crippen LogP contribution in [0.4, 0.5) is 20.6 Å². The molecule has 2 aromatic carbocycles. The summed E-state index contributed by atoms with van der Waals surface area (Å²) in [6.07, 6.45) is 1.63. The van der Waals surface area contributed by atoms with Gasteiger partial charge in [-0.3, -0.25) is 4.68 Å². The van der Waals surface area contributed by atoms with Crippen molar-refractivity contribution in [3.05, 3.63) is 59.0 Å². The second kappa shape index (κ2) is 7.57. The third-order valence-electron chi connectivity index (χ3n) is 3.67. The molecule has 3 rings (SSSR count). The van der Waals surface area contributed by atoms with Crippen LogP contribution in [-0.2, 0) is 7.05 Å². The van der Waals surface area contributed by atoms with E-state index in [9.17, 15) is 9.18 Å². The predicted molar refractivity (Wildman–Crippen MR) is 102 cm³/mol. The van der Waals surface area contributed by atoms with E-state index in [1.165, 1.54) is 12.1 Å². The first kappa shape index (κ1) is 17.9. The number of hydrogen-bond donors (Lipinski definition) is 2. The number of anilines is 2. The molecule has 26 heavy (non-hydrogen) atoms. The number of methoxy groups -OCH3 is 1. The summed E-state index contributed by atoms with van der Waals surface area (Å²) in [5, 5.41) is 9.44. The third kappa shape index (κ3) is 4.02. The molecule has 0 radical (unpaired) electrons. The maximum Gasteiger partial charge on any atom is 0.323 e. The van der Waals surface area contributed by atoms with Gasteiger partial charge in [-0.25, -0.2) is 9.18 Å². The minimum atomic E-state index is -0.476. The summed E-state index contributed by atoms with van der Waals surface area (Å²) in [6.45, 7) is 0. The van der Waals surface area contributed by atoms with Gasteiger partial charge in [0.15, 0.2) is 0 Å². The Morgan fingerprint density at radius 1 is 1.15 bits per heavy atom. The van der Waals surface area contributed by atoms with E-state index in [2.05, 4.69) is 31.7 Å². The number of nitrogens with one attached hydrogen (secondary N) is 2. The average Bonchev–Trinajstić information content (AvgIpc) is 2.93. The molecule has 0 aliphatic carbocycles. The molecule has 8 heteroatoms. The van der Waals surface area contributed by atoms with Gasteiger partial charge in [0.05, 0.1) is 23.5 Å². The Morgan fingerprint density at radius 2 is 1.85 bits per heavy atom. The van der Waals surface area contributed by atoms with Gasteiger partial charge in [-0.05, 0) is 58.4 Å². The first-order valence-electron chi connectivity index (χ1n) is 7.67. The Labute approximate surface area is 158 Å². The monoisotopic (exact) mass is 418 g/mol. The molecule has 2 N–H and O–H groups in total. The van der Waals surface area contributed by atoms with Crippen LogP contribution in [0.1, 0.15) is 0 Å². The first-order valence-corrected chi connectivity index (χ1v) is 8.46. The Kier molecular flexibility index (Phi) is 5.22. The van der Waals surface area contributed by atoms with E-state index in [0.29, 0.717) is 28.4 Å². The molecule has 6 nitrogen and oxygen atoms in total. The van der Waals surface area contributed by atoms with Crippen molar-refractivity contribution < 1.29 is 13.9 Å². The van der Waals surface area contributed by atoms with Crippen molar-refractivity contribution in [3.63, 3.8) is 0 Å². The van der Waals surface area contributed by atoms with Crippen LogP contribution in [0, 0.1) is 5.82 Å². The van der Waals surface area contributed by atoms with E-state index in [-0.39, 0.29) is 0 Å². The number of hydrogen-bond acceptors (Lipinski definition) is 3. The van der Waals surface area contributed by atoms with Crippen molar-refractivity contribution in [2.45, 2.75) is 0 Å². The van der Waals surface area contributed by atoms with Gasteiger partial charge in [-0.15, -0.1) is 0 Å². The van der Waals surface area contributed by atoms with E-state index >= 15 is 0 Å². The van der Waals surface area contributed by atoms with Gasteiger partial charge in [0.25, 0.3) is 0 Å². The van der Waals surface area contributed by atoms with Crippen molar-refractivity contribution in [1.82, 2.24) is 9.78 Å². The largest absolute Gasteiger partial charge is 0.497 e. The molecular weight excluding hydrogens is 403 g/mol. The molecule has 0 atom stereocenters. The molecule has 2 amide bonds. The van der Waals surface area contributed by atoms with Crippen LogP contribution in [0.15, 0.2) is 53.1 Å². The SMILES string of the molecule is COc1ccc(NC(=O)Nc2cc(F)cc(-c3c(Br)cnn3C)c2)cc1. The fraction of sp³-hybridized carbons (Fsp3) is 0.111. The van der Waals surface area contributed by atoms with E-state index in [0.717, 1.165) is 4.47 Å². The number of rotatable bonds is 4. The van der Waals surface area contributed by atoms with Crippen molar-refractivity contribution >= 4 is 33.3 Å². The molecular formula is C18H16BrFN4O2. The van der Waals surface area contributed by atoms with Crippen molar-refractivity contribution in [3.8, 4) is 17.0 Å². The maximum absolute atomic E-state index is 14.0. The van der Waals surface area contributed by atoms with Crippen LogP contribution in [0.2, 0.25) is 0 Å². The highest BCUT2D eigenvalue weighted by Crippen LogP contribution is 2.30. The number of carbonyl (C=O) groups is 1. The summed E-state index contributed by atoms with van der Waals surface area (Å²) < 4.78 is 21.4. The smallest absolute Gasteiger partial charge is 0.323 e. The molecule has 0 spiro atoms. The molecule has 0 aliphatic rings. The molecule has 1 aromatic heterocycles. The van der Waals surface area contributed by atoms with Crippen molar-refractivity contribution in [1.29, 1.82) is 0 Å². The quantitative estimate of drug-likeness (QED) is 0.648. The molecule has 0 unspecified atom stereocenters. The normalized spacial score (nSPS) is 10.5. The van der Waals surface area contributed by atoms with E-state index in [1.54, 1.807) is 55.4 Å². The lowest BCUT2D eigenvalue weighted by Gasteiger charge is -2.11. The fourth-order valence-corrected chi connectivity index (χ4v) is 3.08. The van der Waals surface area contributed by atoms with Crippen molar-refractivity contribution in [2.75, 3.05) is 17.7 Å². The lowest BCUT2D eigenvalue weighted by atomic mass is 10.1. The number of nitrogens with zero attached hydrogens (tertiary/aromatic N) is 2. The predicted octanol–water partition coefficient (Wildman–Crippen LogP) is 4.64. The highest BCUT2D eigenvalue weighted by molar-refractivity contribution is 9.10. The van der Waals surface area contributed by atoms with Gasteiger partial charge in [-0.1, -0.05) is 0 Å². The second-order valence-corrected chi connectivity index (χ2v) is 6.36. The molecule has 0 saturated heterocycles. The summed E-state index contributed by atoms with van der Waals surface area (Å²) in [4.78, 5) is 12.2. The number of carbonyl (C=O) groups excluding carboxylic acids is 1. The van der Waals surface area contributed by atoms with Crippen LogP contribution >= 0.6 is 15.9 Å². The molecule has 134 valence electrons. The zero-order valence-corrected chi connectivity index (χ0v) is 15.7. The van der Waals surface area contributed by atoms with Gasteiger partial charge in [0.1, 0.15) is 11.6 Å². The summed E-state index contributed by atoms with van der Waals surface area (Å²) in [7, 11) is 3.33. The summed E-state index contributed by atoms with van der Waals surface area (Å²) in [5.41, 5.74) is 2.23. The maximum atomic E-state index is 14.0. The number of urea groups is 1. The van der Waals surface area contributed by atoms with E-state index in [4.69, 9.17) is 4.74 Å². The Morgan fingerprint density at radius 3 is 2.46 bits per heavy atom. The average molecular weight is 419 g/mol. The van der Waals surface area contributed by atoms with Crippen LogP contribution in [-0.4, -0.2) is 22.9 Å². The molecule has 0 bridgehead atoms. The minimum absolute atomic E-state index is 0.333. The molecule has 0 fully saturated rings. The fourth-order valence-electron chi connectivity index (χ4n) is 2.50.